The minimum Gasteiger partial charge on any atom is -0.497 e. The Balaban J connectivity index is 1.69. The SMILES string of the molecule is COc1ccc(N2CCN(C(=O)c3cc(Cl)c(OC(C)C)c(OC)c3)CC2)cc1. The van der Waals surface area contributed by atoms with E-state index < -0.39 is 0 Å². The number of carbonyl (C=O) groups excluding carboxylic acids is 1. The highest BCUT2D eigenvalue weighted by atomic mass is 35.5. The molecule has 0 aliphatic carbocycles. The quantitative estimate of drug-likeness (QED) is 0.706. The van der Waals surface area contributed by atoms with Crippen molar-refractivity contribution in [3.63, 3.8) is 0 Å². The Morgan fingerprint density at radius 2 is 1.66 bits per heavy atom. The minimum atomic E-state index is -0.0596. The number of methoxy groups -OCH3 is 2. The maximum atomic E-state index is 13.0. The fraction of sp³-hybridized carbons (Fsp3) is 0.409. The van der Waals surface area contributed by atoms with Crippen molar-refractivity contribution in [2.75, 3.05) is 45.3 Å². The second kappa shape index (κ2) is 9.27. The first-order valence-electron chi connectivity index (χ1n) is 9.65. The van der Waals surface area contributed by atoms with Crippen molar-refractivity contribution in [1.82, 2.24) is 4.90 Å². The maximum Gasteiger partial charge on any atom is 0.254 e. The Kier molecular flexibility index (Phi) is 6.75. The summed E-state index contributed by atoms with van der Waals surface area (Å²) in [7, 11) is 3.20. The number of rotatable bonds is 6. The first-order valence-corrected chi connectivity index (χ1v) is 10.0. The number of ether oxygens (including phenoxy) is 3. The third-order valence-corrected chi connectivity index (χ3v) is 5.12. The van der Waals surface area contributed by atoms with Gasteiger partial charge in [0.1, 0.15) is 5.75 Å². The third kappa shape index (κ3) is 4.88. The summed E-state index contributed by atoms with van der Waals surface area (Å²) in [5, 5.41) is 0.373. The van der Waals surface area contributed by atoms with Gasteiger partial charge in [0.25, 0.3) is 5.91 Å². The number of anilines is 1. The Morgan fingerprint density at radius 1 is 1.00 bits per heavy atom. The van der Waals surface area contributed by atoms with Gasteiger partial charge in [0.2, 0.25) is 0 Å². The van der Waals surface area contributed by atoms with Crippen LogP contribution in [0.1, 0.15) is 24.2 Å². The van der Waals surface area contributed by atoms with Gasteiger partial charge in [0.05, 0.1) is 25.3 Å². The van der Waals surface area contributed by atoms with E-state index in [1.165, 1.54) is 0 Å². The molecule has 29 heavy (non-hydrogen) atoms. The molecule has 0 N–H and O–H groups in total. The monoisotopic (exact) mass is 418 g/mol. The van der Waals surface area contributed by atoms with E-state index in [4.69, 9.17) is 25.8 Å². The lowest BCUT2D eigenvalue weighted by Crippen LogP contribution is -2.48. The van der Waals surface area contributed by atoms with E-state index in [2.05, 4.69) is 4.90 Å². The number of carbonyl (C=O) groups is 1. The van der Waals surface area contributed by atoms with Gasteiger partial charge in [-0.1, -0.05) is 11.6 Å². The molecule has 0 spiro atoms. The molecule has 1 aliphatic rings. The highest BCUT2D eigenvalue weighted by Gasteiger charge is 2.24. The first-order chi connectivity index (χ1) is 13.9. The number of piperazine rings is 1. The van der Waals surface area contributed by atoms with Gasteiger partial charge in [0.15, 0.2) is 11.5 Å². The Bertz CT molecular complexity index is 847. The van der Waals surface area contributed by atoms with Gasteiger partial charge in [0, 0.05) is 37.4 Å². The summed E-state index contributed by atoms with van der Waals surface area (Å²) in [4.78, 5) is 17.1. The fourth-order valence-corrected chi connectivity index (χ4v) is 3.59. The lowest BCUT2D eigenvalue weighted by molar-refractivity contribution is 0.0746. The van der Waals surface area contributed by atoms with Crippen molar-refractivity contribution in [2.45, 2.75) is 20.0 Å². The van der Waals surface area contributed by atoms with Crippen LogP contribution in [0.2, 0.25) is 5.02 Å². The molecular weight excluding hydrogens is 392 g/mol. The summed E-state index contributed by atoms with van der Waals surface area (Å²) in [5.41, 5.74) is 1.62. The highest BCUT2D eigenvalue weighted by molar-refractivity contribution is 6.32. The molecule has 0 bridgehead atoms. The van der Waals surface area contributed by atoms with E-state index in [0.29, 0.717) is 35.2 Å². The van der Waals surface area contributed by atoms with Crippen molar-refractivity contribution >= 4 is 23.2 Å². The van der Waals surface area contributed by atoms with E-state index in [0.717, 1.165) is 24.5 Å². The zero-order chi connectivity index (χ0) is 21.0. The van der Waals surface area contributed by atoms with Gasteiger partial charge < -0.3 is 24.0 Å². The molecule has 0 atom stereocenters. The van der Waals surface area contributed by atoms with Crippen LogP contribution in [0.3, 0.4) is 0 Å². The summed E-state index contributed by atoms with van der Waals surface area (Å²) in [6.07, 6.45) is -0.0472. The standard InChI is InChI=1S/C22H27ClN2O4/c1-15(2)29-21-19(23)13-16(14-20(21)28-4)22(26)25-11-9-24(10-12-25)17-5-7-18(27-3)8-6-17/h5-8,13-15H,9-12H2,1-4H3. The van der Waals surface area contributed by atoms with E-state index in [9.17, 15) is 4.79 Å². The molecule has 1 aliphatic heterocycles. The number of halogens is 1. The molecule has 1 saturated heterocycles. The van der Waals surface area contributed by atoms with Crippen LogP contribution in [0.25, 0.3) is 0 Å². The summed E-state index contributed by atoms with van der Waals surface area (Å²) in [6.45, 7) is 6.62. The topological polar surface area (TPSA) is 51.2 Å². The van der Waals surface area contributed by atoms with Crippen molar-refractivity contribution < 1.29 is 19.0 Å². The van der Waals surface area contributed by atoms with Gasteiger partial charge >= 0.3 is 0 Å². The minimum absolute atomic E-state index is 0.0472. The summed E-state index contributed by atoms with van der Waals surface area (Å²) in [5.74, 6) is 1.70. The molecule has 1 amide bonds. The largest absolute Gasteiger partial charge is 0.497 e. The number of hydrogen-bond donors (Lipinski definition) is 0. The molecule has 3 rings (SSSR count). The van der Waals surface area contributed by atoms with Crippen molar-refractivity contribution in [3.05, 3.63) is 47.0 Å². The number of benzene rings is 2. The first kappa shape index (κ1) is 21.1. The molecule has 2 aromatic carbocycles. The van der Waals surface area contributed by atoms with Crippen LogP contribution in [0, 0.1) is 0 Å². The predicted octanol–water partition coefficient (Wildman–Crippen LogP) is 4.11. The van der Waals surface area contributed by atoms with Crippen molar-refractivity contribution in [1.29, 1.82) is 0 Å². The molecule has 0 aromatic heterocycles. The number of hydrogen-bond acceptors (Lipinski definition) is 5. The molecule has 1 fully saturated rings. The van der Waals surface area contributed by atoms with Crippen LogP contribution >= 0.6 is 11.6 Å². The van der Waals surface area contributed by atoms with Gasteiger partial charge in [-0.2, -0.15) is 0 Å². The molecule has 7 heteroatoms. The van der Waals surface area contributed by atoms with Crippen LogP contribution in [-0.4, -0.2) is 57.3 Å². The zero-order valence-corrected chi connectivity index (χ0v) is 18.0. The van der Waals surface area contributed by atoms with Crippen LogP contribution in [0.15, 0.2) is 36.4 Å². The average Bonchev–Trinajstić information content (AvgIpc) is 2.74. The van der Waals surface area contributed by atoms with E-state index in [1.54, 1.807) is 26.4 Å². The van der Waals surface area contributed by atoms with Gasteiger partial charge in [-0.3, -0.25) is 4.79 Å². The molecule has 0 unspecified atom stereocenters. The Morgan fingerprint density at radius 3 is 2.21 bits per heavy atom. The molecule has 1 heterocycles. The van der Waals surface area contributed by atoms with E-state index in [1.807, 2.05) is 43.0 Å². The van der Waals surface area contributed by atoms with Crippen LogP contribution in [0.5, 0.6) is 17.2 Å². The molecule has 0 saturated carbocycles. The molecule has 0 radical (unpaired) electrons. The van der Waals surface area contributed by atoms with Crippen LogP contribution in [0.4, 0.5) is 5.69 Å². The highest BCUT2D eigenvalue weighted by Crippen LogP contribution is 2.37. The third-order valence-electron chi connectivity index (χ3n) is 4.83. The smallest absolute Gasteiger partial charge is 0.254 e. The van der Waals surface area contributed by atoms with E-state index >= 15 is 0 Å². The zero-order valence-electron chi connectivity index (χ0n) is 17.3. The molecule has 2 aromatic rings. The molecule has 156 valence electrons. The van der Waals surface area contributed by atoms with Gasteiger partial charge in [-0.05, 0) is 50.2 Å². The molecule has 6 nitrogen and oxygen atoms in total. The second-order valence-electron chi connectivity index (χ2n) is 7.13. The van der Waals surface area contributed by atoms with Crippen molar-refractivity contribution in [3.8, 4) is 17.2 Å². The normalized spacial score (nSPS) is 14.1. The van der Waals surface area contributed by atoms with Gasteiger partial charge in [-0.25, -0.2) is 0 Å². The second-order valence-corrected chi connectivity index (χ2v) is 7.54. The van der Waals surface area contributed by atoms with Crippen LogP contribution < -0.4 is 19.1 Å². The Labute approximate surface area is 176 Å². The fourth-order valence-electron chi connectivity index (χ4n) is 3.34. The number of amides is 1. The number of nitrogens with zero attached hydrogens (tertiary/aromatic N) is 2. The van der Waals surface area contributed by atoms with Gasteiger partial charge in [-0.15, -0.1) is 0 Å². The average molecular weight is 419 g/mol. The lowest BCUT2D eigenvalue weighted by atomic mass is 10.1. The Hall–Kier alpha value is -2.60. The summed E-state index contributed by atoms with van der Waals surface area (Å²) < 4.78 is 16.3. The molecular formula is C22H27ClN2O4. The summed E-state index contributed by atoms with van der Waals surface area (Å²) in [6, 6.07) is 11.3. The van der Waals surface area contributed by atoms with Crippen molar-refractivity contribution in [2.24, 2.45) is 0 Å². The maximum absolute atomic E-state index is 13.0. The van der Waals surface area contributed by atoms with E-state index in [-0.39, 0.29) is 12.0 Å². The lowest BCUT2D eigenvalue weighted by Gasteiger charge is -2.36. The van der Waals surface area contributed by atoms with Crippen LogP contribution in [-0.2, 0) is 0 Å². The predicted molar refractivity (Wildman–Crippen MR) is 115 cm³/mol. The summed E-state index contributed by atoms with van der Waals surface area (Å²) >= 11 is 6.37.